The van der Waals surface area contributed by atoms with Crippen molar-refractivity contribution in [1.29, 1.82) is 0 Å². The second kappa shape index (κ2) is 8.53. The van der Waals surface area contributed by atoms with E-state index in [4.69, 9.17) is 33.0 Å². The van der Waals surface area contributed by atoms with E-state index in [1.54, 1.807) is 6.07 Å². The molecule has 0 radical (unpaired) electrons. The summed E-state index contributed by atoms with van der Waals surface area (Å²) in [5, 5.41) is 7.17. The summed E-state index contributed by atoms with van der Waals surface area (Å²) in [5.74, 6) is 0. The number of para-hydroxylation sites is 1. The predicted molar refractivity (Wildman–Crippen MR) is 140 cm³/mol. The molecule has 2 heterocycles. The van der Waals surface area contributed by atoms with Gasteiger partial charge in [0.15, 0.2) is 7.36 Å². The highest BCUT2D eigenvalue weighted by molar-refractivity contribution is 7.67. The highest BCUT2D eigenvalue weighted by Crippen LogP contribution is 2.69. The number of rotatable bonds is 4. The molecule has 0 saturated carbocycles. The van der Waals surface area contributed by atoms with E-state index >= 15 is 0 Å². The van der Waals surface area contributed by atoms with Crippen LogP contribution in [0.1, 0.15) is 33.3 Å². The maximum atomic E-state index is 6.60. The third-order valence-corrected chi connectivity index (χ3v) is 10.8. The highest BCUT2D eigenvalue weighted by Gasteiger charge is 2.47. The van der Waals surface area contributed by atoms with Crippen LogP contribution in [0.25, 0.3) is 0 Å². The molecule has 8 heteroatoms. The number of likely N-dealkylation sites (N-methyl/N-ethyl adjacent to an activating group) is 1. The third kappa shape index (κ3) is 3.42. The molecule has 0 saturated heterocycles. The van der Waals surface area contributed by atoms with Crippen molar-refractivity contribution in [3.63, 3.8) is 0 Å². The first-order valence-electron chi connectivity index (χ1n) is 10.9. The normalized spacial score (nSPS) is 23.9. The van der Waals surface area contributed by atoms with Gasteiger partial charge in [-0.3, -0.25) is 0 Å². The lowest BCUT2D eigenvalue weighted by atomic mass is 9.84. The van der Waals surface area contributed by atoms with Crippen molar-refractivity contribution in [3.8, 4) is 0 Å². The number of allylic oxidation sites excluding steroid dienone is 2. The minimum absolute atomic E-state index is 0.191. The maximum Gasteiger partial charge on any atom is 0.174 e. The Morgan fingerprint density at radius 2 is 1.75 bits per heavy atom. The van der Waals surface area contributed by atoms with Crippen LogP contribution in [0.3, 0.4) is 0 Å². The molecule has 0 amide bonds. The van der Waals surface area contributed by atoms with E-state index in [0.717, 1.165) is 18.4 Å². The fraction of sp³-hybridized carbons (Fsp3) is 0.375. The molecule has 2 aromatic carbocycles. The summed E-state index contributed by atoms with van der Waals surface area (Å²) in [6.45, 7) is 10.6. The molecule has 0 fully saturated rings. The standard InChI is InChI=1S/C24H30Cl2N5P/c1-7-31(8-2)32(28-20-15-17(25)13-14-19(20)26)22(16-27-30(32)6)23-24(3,4)18-11-9-10-12-21(18)29(23)5/h9-16H,7-8H2,1-6H3. The molecule has 0 aliphatic carbocycles. The van der Waals surface area contributed by atoms with Gasteiger partial charge in [-0.2, -0.15) is 5.10 Å². The minimum Gasteiger partial charge on any atom is -0.346 e. The zero-order valence-corrected chi connectivity index (χ0v) is 21.9. The summed E-state index contributed by atoms with van der Waals surface area (Å²) >= 11 is 12.9. The van der Waals surface area contributed by atoms with Gasteiger partial charge in [0, 0.05) is 49.0 Å². The first kappa shape index (κ1) is 23.4. The van der Waals surface area contributed by atoms with Crippen molar-refractivity contribution in [2.45, 2.75) is 33.1 Å². The van der Waals surface area contributed by atoms with Gasteiger partial charge < -0.3 is 4.90 Å². The summed E-state index contributed by atoms with van der Waals surface area (Å²) in [6.07, 6.45) is 2.01. The van der Waals surface area contributed by atoms with Crippen molar-refractivity contribution in [1.82, 2.24) is 9.45 Å². The Labute approximate surface area is 201 Å². The Morgan fingerprint density at radius 1 is 1.06 bits per heavy atom. The molecule has 170 valence electrons. The summed E-state index contributed by atoms with van der Waals surface area (Å²) < 4.78 is 9.87. The Bertz CT molecular complexity index is 1170. The van der Waals surface area contributed by atoms with Gasteiger partial charge in [0.2, 0.25) is 0 Å². The fourth-order valence-electron chi connectivity index (χ4n) is 4.95. The van der Waals surface area contributed by atoms with Crippen molar-refractivity contribution in [3.05, 3.63) is 69.1 Å². The van der Waals surface area contributed by atoms with E-state index in [0.29, 0.717) is 15.7 Å². The molecule has 1 atom stereocenters. The second-order valence-electron chi connectivity index (χ2n) is 8.57. The molecular formula is C24H30Cl2N5P. The van der Waals surface area contributed by atoms with Gasteiger partial charge in [0.25, 0.3) is 0 Å². The zero-order chi connectivity index (χ0) is 23.3. The van der Waals surface area contributed by atoms with Crippen LogP contribution in [0.5, 0.6) is 0 Å². The SMILES string of the molecule is CCN(CC)P1(=Nc2cc(Cl)ccc2Cl)C(=C2N(C)c3ccccc3C2(C)C)C=NN1C. The Kier molecular flexibility index (Phi) is 6.23. The average molecular weight is 490 g/mol. The van der Waals surface area contributed by atoms with Crippen LogP contribution >= 0.6 is 30.6 Å². The number of hydrogen-bond donors (Lipinski definition) is 0. The van der Waals surface area contributed by atoms with Gasteiger partial charge in [-0.15, -0.1) is 0 Å². The Hall–Kier alpha value is -1.78. The van der Waals surface area contributed by atoms with Crippen molar-refractivity contribution in [2.24, 2.45) is 9.85 Å². The third-order valence-electron chi connectivity index (χ3n) is 6.46. The molecule has 0 bridgehead atoms. The van der Waals surface area contributed by atoms with Gasteiger partial charge in [-0.05, 0) is 29.8 Å². The molecule has 5 nitrogen and oxygen atoms in total. The molecular weight excluding hydrogens is 460 g/mol. The van der Waals surface area contributed by atoms with Gasteiger partial charge >= 0.3 is 0 Å². The number of nitrogens with zero attached hydrogens (tertiary/aromatic N) is 5. The second-order valence-corrected chi connectivity index (χ2v) is 12.4. The molecule has 1 unspecified atom stereocenters. The molecule has 2 aliphatic heterocycles. The zero-order valence-electron chi connectivity index (χ0n) is 19.5. The van der Waals surface area contributed by atoms with Crippen LogP contribution in [-0.2, 0) is 5.41 Å². The van der Waals surface area contributed by atoms with E-state index in [1.165, 1.54) is 16.9 Å². The van der Waals surface area contributed by atoms with Crippen molar-refractivity contribution < 1.29 is 0 Å². The Morgan fingerprint density at radius 3 is 2.41 bits per heavy atom. The van der Waals surface area contributed by atoms with Crippen LogP contribution < -0.4 is 4.90 Å². The lowest BCUT2D eigenvalue weighted by molar-refractivity contribution is 0.452. The molecule has 2 aromatic rings. The molecule has 0 aromatic heterocycles. The molecule has 0 spiro atoms. The van der Waals surface area contributed by atoms with Gasteiger partial charge in [0.1, 0.15) is 0 Å². The van der Waals surface area contributed by atoms with Crippen LogP contribution in [0.2, 0.25) is 10.0 Å². The minimum atomic E-state index is -2.46. The number of hydrazone groups is 1. The Balaban J connectivity index is 2.09. The van der Waals surface area contributed by atoms with Gasteiger partial charge in [-0.1, -0.05) is 69.1 Å². The van der Waals surface area contributed by atoms with Crippen LogP contribution in [0, 0.1) is 0 Å². The van der Waals surface area contributed by atoms with Crippen molar-refractivity contribution in [2.75, 3.05) is 32.1 Å². The first-order chi connectivity index (χ1) is 15.2. The van der Waals surface area contributed by atoms with E-state index in [2.05, 4.69) is 68.6 Å². The molecule has 32 heavy (non-hydrogen) atoms. The van der Waals surface area contributed by atoms with Crippen LogP contribution in [0.4, 0.5) is 11.4 Å². The quantitative estimate of drug-likeness (QED) is 0.415. The summed E-state index contributed by atoms with van der Waals surface area (Å²) in [6, 6.07) is 14.1. The monoisotopic (exact) mass is 489 g/mol. The van der Waals surface area contributed by atoms with Gasteiger partial charge in [-0.25, -0.2) is 14.2 Å². The van der Waals surface area contributed by atoms with Crippen LogP contribution in [-0.4, -0.2) is 42.8 Å². The average Bonchev–Trinajstić information content (AvgIpc) is 3.17. The molecule has 4 rings (SSSR count). The van der Waals surface area contributed by atoms with E-state index < -0.39 is 7.36 Å². The topological polar surface area (TPSA) is 34.4 Å². The predicted octanol–water partition coefficient (Wildman–Crippen LogP) is 7.57. The number of benzene rings is 2. The molecule has 2 aliphatic rings. The molecule has 0 N–H and O–H groups in total. The lowest BCUT2D eigenvalue weighted by Crippen LogP contribution is -2.30. The van der Waals surface area contributed by atoms with Gasteiger partial charge in [0.05, 0.1) is 22.2 Å². The largest absolute Gasteiger partial charge is 0.346 e. The fourth-order valence-corrected chi connectivity index (χ4v) is 9.05. The van der Waals surface area contributed by atoms with Crippen LogP contribution in [0.15, 0.2) is 63.3 Å². The van der Waals surface area contributed by atoms with E-state index in [9.17, 15) is 0 Å². The summed E-state index contributed by atoms with van der Waals surface area (Å²) in [7, 11) is 1.71. The lowest BCUT2D eigenvalue weighted by Gasteiger charge is -2.39. The van der Waals surface area contributed by atoms with E-state index in [1.807, 2.05) is 30.2 Å². The number of anilines is 1. The maximum absolute atomic E-state index is 6.60. The smallest absolute Gasteiger partial charge is 0.174 e. The number of hydrogen-bond acceptors (Lipinski definition) is 3. The number of fused-ring (bicyclic) bond motifs is 1. The van der Waals surface area contributed by atoms with Crippen molar-refractivity contribution >= 4 is 48.1 Å². The summed E-state index contributed by atoms with van der Waals surface area (Å²) in [5.41, 5.74) is 4.27. The summed E-state index contributed by atoms with van der Waals surface area (Å²) in [4.78, 5) is 2.31. The number of halogens is 2. The first-order valence-corrected chi connectivity index (χ1v) is 13.3. The highest BCUT2D eigenvalue weighted by atomic mass is 35.5. The van der Waals surface area contributed by atoms with E-state index in [-0.39, 0.29) is 5.41 Å².